The molecule has 5 nitrogen and oxygen atoms in total. The van der Waals surface area contributed by atoms with Crippen molar-refractivity contribution in [3.63, 3.8) is 0 Å². The first-order valence-electron chi connectivity index (χ1n) is 8.86. The zero-order valence-corrected chi connectivity index (χ0v) is 16.4. The number of amides is 1. The lowest BCUT2D eigenvalue weighted by Gasteiger charge is -2.18. The van der Waals surface area contributed by atoms with Crippen LogP contribution in [-0.2, 0) is 9.59 Å². The molecule has 0 radical (unpaired) electrons. The summed E-state index contributed by atoms with van der Waals surface area (Å²) in [6.45, 7) is 10.1. The lowest BCUT2D eigenvalue weighted by Crippen LogP contribution is -2.13. The summed E-state index contributed by atoms with van der Waals surface area (Å²) in [6, 6.07) is 6.67. The summed E-state index contributed by atoms with van der Waals surface area (Å²) in [7, 11) is 0. The predicted molar refractivity (Wildman–Crippen MR) is 106 cm³/mol. The molecule has 0 aliphatic heterocycles. The molecule has 0 unspecified atom stereocenters. The molecule has 2 aromatic carbocycles. The van der Waals surface area contributed by atoms with Crippen molar-refractivity contribution < 1.29 is 19.5 Å². The van der Waals surface area contributed by atoms with Crippen LogP contribution < -0.4 is 5.32 Å². The SMILES string of the molecule is Cc1c(C)c(C)c(C(=O)c2ccc(NC(=O)CCC(=O)O)cc2)c(C)c1C. The van der Waals surface area contributed by atoms with E-state index >= 15 is 0 Å². The maximum atomic E-state index is 13.1. The monoisotopic (exact) mass is 367 g/mol. The Morgan fingerprint density at radius 3 is 1.74 bits per heavy atom. The van der Waals surface area contributed by atoms with E-state index in [-0.39, 0.29) is 24.5 Å². The minimum absolute atomic E-state index is 0.0417. The van der Waals surface area contributed by atoms with Gasteiger partial charge >= 0.3 is 5.97 Å². The molecule has 0 aromatic heterocycles. The van der Waals surface area contributed by atoms with Crippen LogP contribution in [0.4, 0.5) is 5.69 Å². The fraction of sp³-hybridized carbons (Fsp3) is 0.318. The number of hydrogen-bond donors (Lipinski definition) is 2. The van der Waals surface area contributed by atoms with Crippen molar-refractivity contribution in [1.29, 1.82) is 0 Å². The number of carbonyl (C=O) groups excluding carboxylic acids is 2. The molecule has 0 bridgehead atoms. The second-order valence-corrected chi connectivity index (χ2v) is 6.85. The molecule has 2 N–H and O–H groups in total. The molecule has 0 atom stereocenters. The first-order valence-corrected chi connectivity index (χ1v) is 8.86. The van der Waals surface area contributed by atoms with Crippen LogP contribution in [0.5, 0.6) is 0 Å². The molecule has 0 saturated heterocycles. The maximum absolute atomic E-state index is 13.1. The number of anilines is 1. The highest BCUT2D eigenvalue weighted by atomic mass is 16.4. The molecular formula is C22H25NO4. The first-order chi connectivity index (χ1) is 12.6. The third-order valence-electron chi connectivity index (χ3n) is 5.22. The number of carboxylic acids is 1. The third-order valence-corrected chi connectivity index (χ3v) is 5.22. The van der Waals surface area contributed by atoms with Crippen LogP contribution in [0.25, 0.3) is 0 Å². The summed E-state index contributed by atoms with van der Waals surface area (Å²) in [6.07, 6.45) is -0.302. The Kier molecular flexibility index (Phi) is 6.16. The average molecular weight is 367 g/mol. The van der Waals surface area contributed by atoms with Crippen molar-refractivity contribution in [3.8, 4) is 0 Å². The molecule has 5 heteroatoms. The Hall–Kier alpha value is -2.95. The molecule has 0 heterocycles. The molecular weight excluding hydrogens is 342 g/mol. The van der Waals surface area contributed by atoms with Gasteiger partial charge in [0, 0.05) is 23.2 Å². The zero-order valence-electron chi connectivity index (χ0n) is 16.4. The fourth-order valence-electron chi connectivity index (χ4n) is 3.13. The molecule has 142 valence electrons. The van der Waals surface area contributed by atoms with E-state index in [0.717, 1.165) is 27.8 Å². The standard InChI is InChI=1S/C22H25NO4/c1-12-13(2)15(4)21(16(5)14(12)3)22(27)17-6-8-18(9-7-17)23-19(24)10-11-20(25)26/h6-9H,10-11H2,1-5H3,(H,23,24)(H,25,26). The van der Waals surface area contributed by atoms with Crippen molar-refractivity contribution in [1.82, 2.24) is 0 Å². The molecule has 2 aromatic rings. The van der Waals surface area contributed by atoms with E-state index < -0.39 is 5.97 Å². The molecule has 0 spiro atoms. The predicted octanol–water partition coefficient (Wildman–Crippen LogP) is 4.26. The van der Waals surface area contributed by atoms with Gasteiger partial charge in [0.2, 0.25) is 5.91 Å². The van der Waals surface area contributed by atoms with Crippen molar-refractivity contribution in [2.75, 3.05) is 5.32 Å². The van der Waals surface area contributed by atoms with Gasteiger partial charge < -0.3 is 10.4 Å². The largest absolute Gasteiger partial charge is 0.481 e. The van der Waals surface area contributed by atoms with Crippen LogP contribution in [-0.4, -0.2) is 22.8 Å². The minimum atomic E-state index is -1.01. The van der Waals surface area contributed by atoms with E-state index in [1.165, 1.54) is 5.56 Å². The van der Waals surface area contributed by atoms with Gasteiger partial charge in [0.1, 0.15) is 0 Å². The van der Waals surface area contributed by atoms with Gasteiger partial charge in [0.15, 0.2) is 5.78 Å². The molecule has 0 aliphatic carbocycles. The van der Waals surface area contributed by atoms with E-state index in [9.17, 15) is 14.4 Å². The van der Waals surface area contributed by atoms with E-state index in [2.05, 4.69) is 12.2 Å². The first kappa shape index (κ1) is 20.4. The maximum Gasteiger partial charge on any atom is 0.303 e. The molecule has 0 aliphatic rings. The van der Waals surface area contributed by atoms with Crippen molar-refractivity contribution in [2.24, 2.45) is 0 Å². The third kappa shape index (κ3) is 4.42. The van der Waals surface area contributed by atoms with E-state index in [4.69, 9.17) is 5.11 Å². The average Bonchev–Trinajstić information content (AvgIpc) is 2.63. The van der Waals surface area contributed by atoms with Gasteiger partial charge in [-0.3, -0.25) is 14.4 Å². The number of carboxylic acid groups (broad SMARTS) is 1. The van der Waals surface area contributed by atoms with Crippen molar-refractivity contribution >= 4 is 23.3 Å². The van der Waals surface area contributed by atoms with E-state index in [0.29, 0.717) is 11.3 Å². The minimum Gasteiger partial charge on any atom is -0.481 e. The highest BCUT2D eigenvalue weighted by Gasteiger charge is 2.19. The van der Waals surface area contributed by atoms with Gasteiger partial charge in [0.25, 0.3) is 0 Å². The lowest BCUT2D eigenvalue weighted by atomic mass is 9.86. The number of nitrogens with one attached hydrogen (secondary N) is 1. The van der Waals surface area contributed by atoms with Gasteiger partial charge in [-0.15, -0.1) is 0 Å². The number of aliphatic carboxylic acids is 1. The van der Waals surface area contributed by atoms with Crippen LogP contribution >= 0.6 is 0 Å². The van der Waals surface area contributed by atoms with Crippen LogP contribution in [0.2, 0.25) is 0 Å². The molecule has 1 amide bonds. The molecule has 27 heavy (non-hydrogen) atoms. The van der Waals surface area contributed by atoms with Gasteiger partial charge in [0.05, 0.1) is 6.42 Å². The quantitative estimate of drug-likeness (QED) is 0.747. The molecule has 0 saturated carbocycles. The Morgan fingerprint density at radius 2 is 1.26 bits per heavy atom. The Labute approximate surface area is 159 Å². The summed E-state index contributed by atoms with van der Waals surface area (Å²) in [4.78, 5) is 35.3. The molecule has 0 fully saturated rings. The highest BCUT2D eigenvalue weighted by Crippen LogP contribution is 2.28. The summed E-state index contributed by atoms with van der Waals surface area (Å²) in [5, 5.41) is 11.3. The smallest absolute Gasteiger partial charge is 0.303 e. The number of rotatable bonds is 6. The number of benzene rings is 2. The second kappa shape index (κ2) is 8.16. The van der Waals surface area contributed by atoms with Gasteiger partial charge in [-0.05, 0) is 86.7 Å². The highest BCUT2D eigenvalue weighted by molar-refractivity contribution is 6.11. The van der Waals surface area contributed by atoms with Crippen LogP contribution in [0.1, 0.15) is 56.6 Å². The van der Waals surface area contributed by atoms with Crippen LogP contribution in [0.3, 0.4) is 0 Å². The number of hydrogen-bond acceptors (Lipinski definition) is 3. The lowest BCUT2D eigenvalue weighted by molar-refractivity contribution is -0.138. The van der Waals surface area contributed by atoms with Crippen LogP contribution in [0, 0.1) is 34.6 Å². The Morgan fingerprint density at radius 1 is 0.778 bits per heavy atom. The Bertz CT molecular complexity index is 882. The normalized spacial score (nSPS) is 10.6. The fourth-order valence-corrected chi connectivity index (χ4v) is 3.13. The summed E-state index contributed by atoms with van der Waals surface area (Å²) < 4.78 is 0. The van der Waals surface area contributed by atoms with Crippen molar-refractivity contribution in [2.45, 2.75) is 47.5 Å². The van der Waals surface area contributed by atoms with Gasteiger partial charge in [-0.1, -0.05) is 0 Å². The van der Waals surface area contributed by atoms with E-state index in [1.54, 1.807) is 24.3 Å². The number of carbonyl (C=O) groups is 3. The molecule has 2 rings (SSSR count). The Balaban J connectivity index is 2.24. The van der Waals surface area contributed by atoms with Crippen molar-refractivity contribution in [3.05, 3.63) is 63.2 Å². The summed E-state index contributed by atoms with van der Waals surface area (Å²) in [5.74, 6) is -1.42. The topological polar surface area (TPSA) is 83.5 Å². The second-order valence-electron chi connectivity index (χ2n) is 6.85. The summed E-state index contributed by atoms with van der Waals surface area (Å²) in [5.41, 5.74) is 7.26. The van der Waals surface area contributed by atoms with Gasteiger partial charge in [-0.25, -0.2) is 0 Å². The van der Waals surface area contributed by atoms with Crippen LogP contribution in [0.15, 0.2) is 24.3 Å². The zero-order chi connectivity index (χ0) is 20.3. The van der Waals surface area contributed by atoms with Gasteiger partial charge in [-0.2, -0.15) is 0 Å². The summed E-state index contributed by atoms with van der Waals surface area (Å²) >= 11 is 0. The number of ketones is 1. The van der Waals surface area contributed by atoms with E-state index in [1.807, 2.05) is 27.7 Å².